The van der Waals surface area contributed by atoms with Gasteiger partial charge in [-0.2, -0.15) is 4.98 Å². The summed E-state index contributed by atoms with van der Waals surface area (Å²) in [6, 6.07) is 17.5. The van der Waals surface area contributed by atoms with Crippen molar-refractivity contribution in [1.29, 1.82) is 0 Å². The van der Waals surface area contributed by atoms with Gasteiger partial charge in [-0.25, -0.2) is 4.98 Å². The van der Waals surface area contributed by atoms with Gasteiger partial charge in [0.05, 0.1) is 18.0 Å². The number of hydrogen-bond acceptors (Lipinski definition) is 3. The van der Waals surface area contributed by atoms with Crippen LogP contribution in [0.3, 0.4) is 0 Å². The van der Waals surface area contributed by atoms with Crippen LogP contribution >= 0.6 is 0 Å². The Hall–Kier alpha value is -2.86. The number of para-hydroxylation sites is 1. The molecular weight excluding hydrogens is 248 g/mol. The van der Waals surface area contributed by atoms with E-state index in [1.807, 2.05) is 54.6 Å². The average molecular weight is 260 g/mol. The highest BCUT2D eigenvalue weighted by Gasteiger charge is 2.05. The minimum Gasteiger partial charge on any atom is -0.480 e. The number of aromatic nitrogens is 2. The molecule has 2 aromatic carbocycles. The maximum Gasteiger partial charge on any atom is 0.225 e. The van der Waals surface area contributed by atoms with E-state index in [1.165, 1.54) is 0 Å². The van der Waals surface area contributed by atoms with Crippen molar-refractivity contribution in [1.82, 2.24) is 9.97 Å². The van der Waals surface area contributed by atoms with E-state index in [4.69, 9.17) is 4.74 Å². The van der Waals surface area contributed by atoms with Crippen LogP contribution in [0.25, 0.3) is 10.9 Å². The lowest BCUT2D eigenvalue weighted by Gasteiger charge is -2.03. The van der Waals surface area contributed by atoms with E-state index in [0.29, 0.717) is 11.7 Å². The summed E-state index contributed by atoms with van der Waals surface area (Å²) in [4.78, 5) is 8.76. The van der Waals surface area contributed by atoms with Crippen molar-refractivity contribution in [3.05, 3.63) is 66.0 Å². The van der Waals surface area contributed by atoms with Crippen LogP contribution in [0.1, 0.15) is 11.4 Å². The van der Waals surface area contributed by atoms with Gasteiger partial charge in [0.25, 0.3) is 0 Å². The van der Waals surface area contributed by atoms with Gasteiger partial charge in [0.15, 0.2) is 0 Å². The number of ether oxygens (including phenoxy) is 1. The Morgan fingerprint density at radius 1 is 0.850 bits per heavy atom. The Bertz CT molecular complexity index is 801. The first-order valence-electron chi connectivity index (χ1n) is 6.24. The fourth-order valence-corrected chi connectivity index (χ4v) is 1.91. The van der Waals surface area contributed by atoms with Crippen LogP contribution in [-0.2, 0) is 0 Å². The topological polar surface area (TPSA) is 35.0 Å². The van der Waals surface area contributed by atoms with Gasteiger partial charge in [0.2, 0.25) is 11.7 Å². The fraction of sp³-hybridized carbons (Fsp3) is 0.0588. The maximum absolute atomic E-state index is 5.30. The number of hydrogen-bond donors (Lipinski definition) is 0. The van der Waals surface area contributed by atoms with Crippen LogP contribution in [0.2, 0.25) is 0 Å². The Morgan fingerprint density at radius 3 is 2.40 bits per heavy atom. The molecule has 0 fully saturated rings. The molecule has 96 valence electrons. The lowest BCUT2D eigenvalue weighted by molar-refractivity contribution is 0.402. The quantitative estimate of drug-likeness (QED) is 0.631. The van der Waals surface area contributed by atoms with Gasteiger partial charge in [-0.3, -0.25) is 0 Å². The molecule has 3 aromatic rings. The SMILES string of the molecule is COc1nc(C#Cc2ccccc2)nc2ccccc12. The molecule has 0 bridgehead atoms. The average Bonchev–Trinajstić information content (AvgIpc) is 2.53. The zero-order valence-electron chi connectivity index (χ0n) is 11.0. The standard InChI is InChI=1S/C17H12N2O/c1-20-17-14-9-5-6-10-15(14)18-16(19-17)12-11-13-7-3-2-4-8-13/h2-10H,1H3. The summed E-state index contributed by atoms with van der Waals surface area (Å²) >= 11 is 0. The third kappa shape index (κ3) is 2.45. The van der Waals surface area contributed by atoms with E-state index in [1.54, 1.807) is 7.11 Å². The van der Waals surface area contributed by atoms with Crippen molar-refractivity contribution < 1.29 is 4.74 Å². The van der Waals surface area contributed by atoms with Crippen LogP contribution in [0.15, 0.2) is 54.6 Å². The first-order valence-corrected chi connectivity index (χ1v) is 6.24. The van der Waals surface area contributed by atoms with Gasteiger partial charge < -0.3 is 4.74 Å². The molecule has 20 heavy (non-hydrogen) atoms. The zero-order valence-corrected chi connectivity index (χ0v) is 11.0. The maximum atomic E-state index is 5.30. The fourth-order valence-electron chi connectivity index (χ4n) is 1.91. The minimum absolute atomic E-state index is 0.462. The van der Waals surface area contributed by atoms with E-state index >= 15 is 0 Å². The van der Waals surface area contributed by atoms with Crippen molar-refractivity contribution in [2.75, 3.05) is 7.11 Å². The van der Waals surface area contributed by atoms with Gasteiger partial charge in [0.1, 0.15) is 0 Å². The molecule has 0 N–H and O–H groups in total. The Morgan fingerprint density at radius 2 is 1.60 bits per heavy atom. The highest BCUT2D eigenvalue weighted by atomic mass is 16.5. The first kappa shape index (κ1) is 12.2. The molecule has 0 aliphatic heterocycles. The van der Waals surface area contributed by atoms with E-state index < -0.39 is 0 Å². The monoisotopic (exact) mass is 260 g/mol. The molecule has 3 rings (SSSR count). The van der Waals surface area contributed by atoms with Crippen LogP contribution in [0.4, 0.5) is 0 Å². The third-order valence-corrected chi connectivity index (χ3v) is 2.85. The predicted octanol–water partition coefficient (Wildman–Crippen LogP) is 3.04. The molecule has 0 unspecified atom stereocenters. The van der Waals surface area contributed by atoms with E-state index in [-0.39, 0.29) is 0 Å². The Kier molecular flexibility index (Phi) is 3.30. The molecule has 1 heterocycles. The van der Waals surface area contributed by atoms with Crippen LogP contribution in [0.5, 0.6) is 5.88 Å². The summed E-state index contributed by atoms with van der Waals surface area (Å²) in [7, 11) is 1.60. The van der Waals surface area contributed by atoms with Gasteiger partial charge in [-0.05, 0) is 30.2 Å². The molecule has 0 saturated carbocycles. The number of rotatable bonds is 1. The summed E-state index contributed by atoms with van der Waals surface area (Å²) in [5.41, 5.74) is 1.76. The van der Waals surface area contributed by atoms with E-state index in [9.17, 15) is 0 Å². The second-order valence-electron chi connectivity index (χ2n) is 4.19. The molecule has 0 amide bonds. The smallest absolute Gasteiger partial charge is 0.225 e. The van der Waals surface area contributed by atoms with Crippen molar-refractivity contribution in [3.63, 3.8) is 0 Å². The van der Waals surface area contributed by atoms with Crippen LogP contribution in [0, 0.1) is 11.8 Å². The largest absolute Gasteiger partial charge is 0.480 e. The molecule has 0 atom stereocenters. The summed E-state index contributed by atoms with van der Waals surface area (Å²) in [5.74, 6) is 7.03. The van der Waals surface area contributed by atoms with Crippen molar-refractivity contribution in [3.8, 4) is 17.7 Å². The summed E-state index contributed by atoms with van der Waals surface area (Å²) in [6.45, 7) is 0. The highest BCUT2D eigenvalue weighted by molar-refractivity contribution is 5.83. The normalized spacial score (nSPS) is 9.85. The molecule has 0 aliphatic carbocycles. The van der Waals surface area contributed by atoms with Crippen molar-refractivity contribution >= 4 is 10.9 Å². The second kappa shape index (κ2) is 5.41. The Balaban J connectivity index is 2.07. The number of methoxy groups -OCH3 is 1. The van der Waals surface area contributed by atoms with Gasteiger partial charge in [-0.15, -0.1) is 0 Å². The molecular formula is C17H12N2O. The van der Waals surface area contributed by atoms with E-state index in [2.05, 4.69) is 21.8 Å². The molecule has 0 radical (unpaired) electrons. The van der Waals surface area contributed by atoms with Gasteiger partial charge >= 0.3 is 0 Å². The summed E-state index contributed by atoms with van der Waals surface area (Å²) in [6.07, 6.45) is 0. The predicted molar refractivity (Wildman–Crippen MR) is 78.5 cm³/mol. The highest BCUT2D eigenvalue weighted by Crippen LogP contribution is 2.21. The van der Waals surface area contributed by atoms with Gasteiger partial charge in [0, 0.05) is 5.56 Å². The van der Waals surface area contributed by atoms with Crippen LogP contribution in [-0.4, -0.2) is 17.1 Å². The third-order valence-electron chi connectivity index (χ3n) is 2.85. The number of benzene rings is 2. The van der Waals surface area contributed by atoms with Crippen molar-refractivity contribution in [2.45, 2.75) is 0 Å². The molecule has 0 aliphatic rings. The Labute approximate surface area is 117 Å². The first-order chi connectivity index (χ1) is 9.86. The summed E-state index contributed by atoms with van der Waals surface area (Å²) in [5, 5.41) is 0.889. The van der Waals surface area contributed by atoms with E-state index in [0.717, 1.165) is 16.5 Å². The number of nitrogens with zero attached hydrogens (tertiary/aromatic N) is 2. The number of fused-ring (bicyclic) bond motifs is 1. The second-order valence-corrected chi connectivity index (χ2v) is 4.19. The molecule has 0 saturated heterocycles. The lowest BCUT2D eigenvalue weighted by atomic mass is 10.2. The van der Waals surface area contributed by atoms with Crippen LogP contribution < -0.4 is 4.74 Å². The van der Waals surface area contributed by atoms with Crippen molar-refractivity contribution in [2.24, 2.45) is 0 Å². The lowest BCUT2D eigenvalue weighted by Crippen LogP contribution is -1.96. The molecule has 3 heteroatoms. The molecule has 1 aromatic heterocycles. The minimum atomic E-state index is 0.462. The van der Waals surface area contributed by atoms with Gasteiger partial charge in [-0.1, -0.05) is 36.3 Å². The molecule has 0 spiro atoms. The zero-order chi connectivity index (χ0) is 13.8. The summed E-state index contributed by atoms with van der Waals surface area (Å²) < 4.78 is 5.30. The molecule has 3 nitrogen and oxygen atoms in total.